The summed E-state index contributed by atoms with van der Waals surface area (Å²) in [5.74, 6) is 0. The fourth-order valence-corrected chi connectivity index (χ4v) is 2.38. The van der Waals surface area contributed by atoms with Crippen molar-refractivity contribution in [2.75, 3.05) is 25.1 Å². The molecule has 1 N–H and O–H groups in total. The van der Waals surface area contributed by atoms with Gasteiger partial charge in [0, 0.05) is 25.9 Å². The highest BCUT2D eigenvalue weighted by Gasteiger charge is 2.15. The zero-order valence-corrected chi connectivity index (χ0v) is 9.37. The van der Waals surface area contributed by atoms with Crippen molar-refractivity contribution in [3.8, 4) is 0 Å². The highest BCUT2D eigenvalue weighted by Crippen LogP contribution is 2.29. The van der Waals surface area contributed by atoms with Gasteiger partial charge in [-0.2, -0.15) is 0 Å². The Hall–Kier alpha value is -1.02. The molecule has 0 saturated carbocycles. The van der Waals surface area contributed by atoms with Gasteiger partial charge in [-0.3, -0.25) is 0 Å². The quantitative estimate of drug-likeness (QED) is 0.815. The molecule has 0 unspecified atom stereocenters. The van der Waals surface area contributed by atoms with Crippen LogP contribution < -0.4 is 4.90 Å². The highest BCUT2D eigenvalue weighted by atomic mass is 16.2. The van der Waals surface area contributed by atoms with E-state index in [-0.39, 0.29) is 0 Å². The van der Waals surface area contributed by atoms with Crippen molar-refractivity contribution >= 4 is 5.69 Å². The topological polar surface area (TPSA) is 23.5 Å². The zero-order chi connectivity index (χ0) is 10.7. The SMILES string of the molecule is CN1CCCc2c(CCCO)cccc21. The Bertz CT molecular complexity index is 335. The van der Waals surface area contributed by atoms with Gasteiger partial charge < -0.3 is 10.0 Å². The average molecular weight is 205 g/mol. The lowest BCUT2D eigenvalue weighted by Gasteiger charge is -2.29. The Labute approximate surface area is 91.5 Å². The van der Waals surface area contributed by atoms with E-state index in [0.29, 0.717) is 6.61 Å². The van der Waals surface area contributed by atoms with Gasteiger partial charge >= 0.3 is 0 Å². The Morgan fingerprint density at radius 1 is 1.40 bits per heavy atom. The second-order valence-corrected chi connectivity index (χ2v) is 4.27. The zero-order valence-electron chi connectivity index (χ0n) is 9.37. The number of fused-ring (bicyclic) bond motifs is 1. The van der Waals surface area contributed by atoms with Crippen LogP contribution in [-0.2, 0) is 12.8 Å². The minimum absolute atomic E-state index is 0.291. The minimum Gasteiger partial charge on any atom is -0.396 e. The van der Waals surface area contributed by atoms with Crippen LogP contribution in [0.5, 0.6) is 0 Å². The maximum atomic E-state index is 8.87. The van der Waals surface area contributed by atoms with Crippen molar-refractivity contribution in [1.29, 1.82) is 0 Å². The molecule has 0 amide bonds. The molecule has 1 heterocycles. The molecule has 0 aliphatic carbocycles. The van der Waals surface area contributed by atoms with Gasteiger partial charge in [0.2, 0.25) is 0 Å². The molecule has 0 radical (unpaired) electrons. The number of aliphatic hydroxyl groups is 1. The van der Waals surface area contributed by atoms with E-state index in [1.54, 1.807) is 0 Å². The summed E-state index contributed by atoms with van der Waals surface area (Å²) in [6.07, 6.45) is 4.33. The van der Waals surface area contributed by atoms with Crippen LogP contribution in [0, 0.1) is 0 Å². The van der Waals surface area contributed by atoms with Crippen molar-refractivity contribution < 1.29 is 5.11 Å². The minimum atomic E-state index is 0.291. The van der Waals surface area contributed by atoms with Gasteiger partial charge in [0.1, 0.15) is 0 Å². The molecule has 0 spiro atoms. The summed E-state index contributed by atoms with van der Waals surface area (Å²) in [7, 11) is 2.16. The first-order valence-electron chi connectivity index (χ1n) is 5.75. The summed E-state index contributed by atoms with van der Waals surface area (Å²) in [5.41, 5.74) is 4.31. The van der Waals surface area contributed by atoms with Gasteiger partial charge in [-0.05, 0) is 42.9 Å². The molecule has 1 aliphatic heterocycles. The van der Waals surface area contributed by atoms with E-state index in [9.17, 15) is 0 Å². The van der Waals surface area contributed by atoms with E-state index in [1.807, 2.05) is 0 Å². The predicted molar refractivity (Wildman–Crippen MR) is 63.4 cm³/mol. The van der Waals surface area contributed by atoms with Crippen LogP contribution in [0.4, 0.5) is 5.69 Å². The summed E-state index contributed by atoms with van der Waals surface area (Å²) in [6.45, 7) is 1.45. The van der Waals surface area contributed by atoms with Crippen LogP contribution in [0.2, 0.25) is 0 Å². The number of nitrogens with zero attached hydrogens (tertiary/aromatic N) is 1. The van der Waals surface area contributed by atoms with Gasteiger partial charge in [0.25, 0.3) is 0 Å². The van der Waals surface area contributed by atoms with E-state index in [0.717, 1.165) is 19.4 Å². The maximum Gasteiger partial charge on any atom is 0.0434 e. The molecule has 82 valence electrons. The first kappa shape index (κ1) is 10.5. The first-order valence-corrected chi connectivity index (χ1v) is 5.75. The van der Waals surface area contributed by atoms with Crippen molar-refractivity contribution in [3.05, 3.63) is 29.3 Å². The normalized spacial score (nSPS) is 15.2. The number of rotatable bonds is 3. The van der Waals surface area contributed by atoms with Crippen LogP contribution >= 0.6 is 0 Å². The lowest BCUT2D eigenvalue weighted by molar-refractivity contribution is 0.288. The Kier molecular flexibility index (Phi) is 3.27. The molecule has 0 aromatic heterocycles. The van der Waals surface area contributed by atoms with Crippen LogP contribution in [0.25, 0.3) is 0 Å². The summed E-state index contributed by atoms with van der Waals surface area (Å²) < 4.78 is 0. The molecule has 0 fully saturated rings. The molecule has 2 heteroatoms. The second kappa shape index (κ2) is 4.67. The first-order chi connectivity index (χ1) is 7.33. The van der Waals surface area contributed by atoms with Gasteiger partial charge in [0.05, 0.1) is 0 Å². The van der Waals surface area contributed by atoms with E-state index in [2.05, 4.69) is 30.1 Å². The summed E-state index contributed by atoms with van der Waals surface area (Å²) in [4.78, 5) is 2.33. The third kappa shape index (κ3) is 2.15. The van der Waals surface area contributed by atoms with Crippen LogP contribution in [0.15, 0.2) is 18.2 Å². The third-order valence-corrected chi connectivity index (χ3v) is 3.18. The Morgan fingerprint density at radius 2 is 2.27 bits per heavy atom. The van der Waals surface area contributed by atoms with E-state index >= 15 is 0 Å². The van der Waals surface area contributed by atoms with Crippen molar-refractivity contribution in [3.63, 3.8) is 0 Å². The van der Waals surface area contributed by atoms with Crippen LogP contribution in [0.1, 0.15) is 24.0 Å². The van der Waals surface area contributed by atoms with Gasteiger partial charge in [-0.15, -0.1) is 0 Å². The maximum absolute atomic E-state index is 8.87. The highest BCUT2D eigenvalue weighted by molar-refractivity contribution is 5.58. The van der Waals surface area contributed by atoms with Crippen molar-refractivity contribution in [1.82, 2.24) is 0 Å². The number of hydrogen-bond acceptors (Lipinski definition) is 2. The lowest BCUT2D eigenvalue weighted by Crippen LogP contribution is -2.25. The molecule has 15 heavy (non-hydrogen) atoms. The molecule has 2 nitrogen and oxygen atoms in total. The summed E-state index contributed by atoms with van der Waals surface area (Å²) >= 11 is 0. The standard InChI is InChI=1S/C13H19NO/c1-14-9-3-7-12-11(6-4-10-15)5-2-8-13(12)14/h2,5,8,15H,3-4,6-7,9-10H2,1H3. The van der Waals surface area contributed by atoms with Crippen molar-refractivity contribution in [2.45, 2.75) is 25.7 Å². The second-order valence-electron chi connectivity index (χ2n) is 4.27. The molecule has 2 rings (SSSR count). The molecule has 1 aromatic rings. The number of aryl methyl sites for hydroxylation is 1. The molecule has 0 atom stereocenters. The van der Waals surface area contributed by atoms with Crippen molar-refractivity contribution in [2.24, 2.45) is 0 Å². The number of aliphatic hydroxyl groups excluding tert-OH is 1. The third-order valence-electron chi connectivity index (χ3n) is 3.18. The fourth-order valence-electron chi connectivity index (χ4n) is 2.38. The fraction of sp³-hybridized carbons (Fsp3) is 0.538. The number of benzene rings is 1. The van der Waals surface area contributed by atoms with Gasteiger partial charge in [-0.1, -0.05) is 12.1 Å². The van der Waals surface area contributed by atoms with Gasteiger partial charge in [-0.25, -0.2) is 0 Å². The molecule has 0 saturated heterocycles. The predicted octanol–water partition coefficient (Wildman–Crippen LogP) is 1.99. The molecule has 0 bridgehead atoms. The van der Waals surface area contributed by atoms with Gasteiger partial charge in [0.15, 0.2) is 0 Å². The lowest BCUT2D eigenvalue weighted by atomic mass is 9.94. The molecular formula is C13H19NO. The Morgan fingerprint density at radius 3 is 3.07 bits per heavy atom. The smallest absolute Gasteiger partial charge is 0.0434 e. The monoisotopic (exact) mass is 205 g/mol. The summed E-state index contributed by atoms with van der Waals surface area (Å²) in [5, 5.41) is 8.87. The Balaban J connectivity index is 2.27. The van der Waals surface area contributed by atoms with E-state index in [4.69, 9.17) is 5.11 Å². The molecule has 1 aliphatic rings. The average Bonchev–Trinajstić information content (AvgIpc) is 2.27. The van der Waals surface area contributed by atoms with E-state index < -0.39 is 0 Å². The van der Waals surface area contributed by atoms with Crippen LogP contribution in [-0.4, -0.2) is 25.3 Å². The van der Waals surface area contributed by atoms with Crippen LogP contribution in [0.3, 0.4) is 0 Å². The number of hydrogen-bond donors (Lipinski definition) is 1. The molecule has 1 aromatic carbocycles. The summed E-state index contributed by atoms with van der Waals surface area (Å²) in [6, 6.07) is 6.54. The largest absolute Gasteiger partial charge is 0.396 e. The van der Waals surface area contributed by atoms with E-state index in [1.165, 1.54) is 29.7 Å². The molecular weight excluding hydrogens is 186 g/mol. The number of anilines is 1.